The van der Waals surface area contributed by atoms with Crippen molar-refractivity contribution >= 4 is 35.6 Å². The Morgan fingerprint density at radius 2 is 2.27 bits per heavy atom. The molecule has 0 radical (unpaired) electrons. The van der Waals surface area contributed by atoms with Crippen LogP contribution in [-0.4, -0.2) is 20.5 Å². The summed E-state index contributed by atoms with van der Waals surface area (Å²) in [5.74, 6) is -2.17. The van der Waals surface area contributed by atoms with Crippen molar-refractivity contribution in [3.8, 4) is 0 Å². The number of carboxylic acid groups (broad SMARTS) is 1. The van der Waals surface area contributed by atoms with Crippen molar-refractivity contribution < 1.29 is 14.3 Å². The van der Waals surface area contributed by atoms with Gasteiger partial charge in [-0.1, -0.05) is 11.6 Å². The first kappa shape index (κ1) is 11.7. The number of rotatable bonds is 1. The van der Waals surface area contributed by atoms with Crippen LogP contribution in [-0.2, 0) is 0 Å². The molecule has 2 aromatic heterocycles. The van der Waals surface area contributed by atoms with Gasteiger partial charge in [-0.15, -0.1) is 12.4 Å². The molecule has 0 aliphatic heterocycles. The summed E-state index contributed by atoms with van der Waals surface area (Å²) in [6, 6.07) is 1.13. The number of nitrogens with zero attached hydrogens (tertiary/aromatic N) is 2. The van der Waals surface area contributed by atoms with E-state index in [-0.39, 0.29) is 17.6 Å². The maximum absolute atomic E-state index is 13.1. The van der Waals surface area contributed by atoms with Gasteiger partial charge in [-0.25, -0.2) is 14.2 Å². The fourth-order valence-corrected chi connectivity index (χ4v) is 1.32. The molecule has 4 nitrogen and oxygen atoms in total. The number of aromatic carboxylic acids is 1. The monoisotopic (exact) mass is 250 g/mol. The van der Waals surface area contributed by atoms with E-state index in [1.165, 1.54) is 10.6 Å². The lowest BCUT2D eigenvalue weighted by Crippen LogP contribution is -2.02. The van der Waals surface area contributed by atoms with E-state index >= 15 is 0 Å². The SMILES string of the molecule is Cl.O=C(O)c1cc2ncc(Cl)n2cc1F. The number of imidazole rings is 1. The number of carbonyl (C=O) groups is 1. The Kier molecular flexibility index (Phi) is 3.16. The molecule has 0 fully saturated rings. The van der Waals surface area contributed by atoms with Crippen molar-refractivity contribution in [2.24, 2.45) is 0 Å². The van der Waals surface area contributed by atoms with E-state index < -0.39 is 17.3 Å². The molecular formula is C8H5Cl2FN2O2. The van der Waals surface area contributed by atoms with E-state index in [9.17, 15) is 9.18 Å². The number of carboxylic acids is 1. The molecule has 7 heteroatoms. The lowest BCUT2D eigenvalue weighted by atomic mass is 10.2. The van der Waals surface area contributed by atoms with Crippen LogP contribution in [0.2, 0.25) is 5.15 Å². The molecule has 80 valence electrons. The van der Waals surface area contributed by atoms with Crippen molar-refractivity contribution in [3.05, 3.63) is 35.0 Å². The van der Waals surface area contributed by atoms with Crippen molar-refractivity contribution in [1.29, 1.82) is 0 Å². The molecule has 2 aromatic rings. The van der Waals surface area contributed by atoms with Gasteiger partial charge in [-0.05, 0) is 6.07 Å². The normalized spacial score (nSPS) is 10.0. The molecule has 0 unspecified atom stereocenters. The summed E-state index contributed by atoms with van der Waals surface area (Å²) in [5.41, 5.74) is -0.117. The molecule has 0 aliphatic rings. The molecule has 0 aliphatic carbocycles. The van der Waals surface area contributed by atoms with Gasteiger partial charge in [-0.3, -0.25) is 4.40 Å². The molecule has 15 heavy (non-hydrogen) atoms. The van der Waals surface area contributed by atoms with Crippen molar-refractivity contribution in [3.63, 3.8) is 0 Å². The Labute approximate surface area is 94.7 Å². The van der Waals surface area contributed by atoms with Crippen molar-refractivity contribution in [2.75, 3.05) is 0 Å². The van der Waals surface area contributed by atoms with E-state index in [0.29, 0.717) is 5.65 Å². The summed E-state index contributed by atoms with van der Waals surface area (Å²) < 4.78 is 14.4. The standard InChI is InChI=1S/C8H4ClFN2O2.ClH/c9-6-2-11-7-1-4(8(13)14)5(10)3-12(6)7;/h1-3H,(H,13,14);1H. The highest BCUT2D eigenvalue weighted by Crippen LogP contribution is 2.16. The summed E-state index contributed by atoms with van der Waals surface area (Å²) in [6.07, 6.45) is 2.32. The highest BCUT2D eigenvalue weighted by molar-refractivity contribution is 6.29. The highest BCUT2D eigenvalue weighted by Gasteiger charge is 2.13. The molecule has 0 amide bonds. The van der Waals surface area contributed by atoms with E-state index in [1.54, 1.807) is 0 Å². The third-order valence-electron chi connectivity index (χ3n) is 1.78. The maximum Gasteiger partial charge on any atom is 0.338 e. The second-order valence-corrected chi connectivity index (χ2v) is 3.04. The largest absolute Gasteiger partial charge is 0.478 e. The fraction of sp³-hybridized carbons (Fsp3) is 0. The molecule has 0 saturated heterocycles. The van der Waals surface area contributed by atoms with Gasteiger partial charge in [0.05, 0.1) is 6.20 Å². The zero-order valence-corrected chi connectivity index (χ0v) is 8.72. The molecule has 0 atom stereocenters. The van der Waals surface area contributed by atoms with E-state index in [0.717, 1.165) is 12.3 Å². The minimum Gasteiger partial charge on any atom is -0.478 e. The van der Waals surface area contributed by atoms with Gasteiger partial charge < -0.3 is 5.11 Å². The van der Waals surface area contributed by atoms with Crippen molar-refractivity contribution in [1.82, 2.24) is 9.38 Å². The molecule has 0 aromatic carbocycles. The van der Waals surface area contributed by atoms with Crippen molar-refractivity contribution in [2.45, 2.75) is 0 Å². The topological polar surface area (TPSA) is 54.6 Å². The minimum absolute atomic E-state index is 0. The van der Waals surface area contributed by atoms with Crippen LogP contribution in [0, 0.1) is 5.82 Å². The zero-order chi connectivity index (χ0) is 10.3. The number of fused-ring (bicyclic) bond motifs is 1. The Morgan fingerprint density at radius 3 is 2.87 bits per heavy atom. The third kappa shape index (κ3) is 1.88. The quantitative estimate of drug-likeness (QED) is 0.845. The number of pyridine rings is 1. The first-order chi connectivity index (χ1) is 6.59. The molecule has 2 rings (SSSR count). The molecule has 0 bridgehead atoms. The van der Waals surface area contributed by atoms with Gasteiger partial charge in [0.25, 0.3) is 0 Å². The summed E-state index contributed by atoms with van der Waals surface area (Å²) in [5, 5.41) is 8.85. The zero-order valence-electron chi connectivity index (χ0n) is 7.15. The van der Waals surface area contributed by atoms with Gasteiger partial charge in [0.15, 0.2) is 5.82 Å². The van der Waals surface area contributed by atoms with Crippen LogP contribution in [0.3, 0.4) is 0 Å². The number of halogens is 3. The average Bonchev–Trinajstić information content (AvgIpc) is 2.46. The van der Waals surface area contributed by atoms with Crippen LogP contribution in [0.25, 0.3) is 5.65 Å². The number of hydrogen-bond donors (Lipinski definition) is 1. The second kappa shape index (κ2) is 4.04. The Bertz CT molecular complexity index is 527. The summed E-state index contributed by atoms with van der Waals surface area (Å²) >= 11 is 5.66. The predicted molar refractivity (Wildman–Crippen MR) is 54.4 cm³/mol. The number of hydrogen-bond acceptors (Lipinski definition) is 2. The Morgan fingerprint density at radius 1 is 1.60 bits per heavy atom. The summed E-state index contributed by atoms with van der Waals surface area (Å²) in [6.45, 7) is 0. The molecule has 1 N–H and O–H groups in total. The molecule has 2 heterocycles. The van der Waals surface area contributed by atoms with Crippen LogP contribution in [0.1, 0.15) is 10.4 Å². The molecule has 0 spiro atoms. The lowest BCUT2D eigenvalue weighted by Gasteiger charge is -1.99. The van der Waals surface area contributed by atoms with Crippen LogP contribution in [0.15, 0.2) is 18.5 Å². The average molecular weight is 251 g/mol. The van der Waals surface area contributed by atoms with Crippen LogP contribution in [0.5, 0.6) is 0 Å². The van der Waals surface area contributed by atoms with Gasteiger partial charge in [0, 0.05) is 6.20 Å². The fourth-order valence-electron chi connectivity index (χ4n) is 1.13. The molecule has 0 saturated carbocycles. The van der Waals surface area contributed by atoms with E-state index in [4.69, 9.17) is 16.7 Å². The van der Waals surface area contributed by atoms with E-state index in [2.05, 4.69) is 4.98 Å². The summed E-state index contributed by atoms with van der Waals surface area (Å²) in [4.78, 5) is 14.4. The minimum atomic E-state index is -1.33. The number of aromatic nitrogens is 2. The highest BCUT2D eigenvalue weighted by atomic mass is 35.5. The summed E-state index contributed by atoms with van der Waals surface area (Å²) in [7, 11) is 0. The van der Waals surface area contributed by atoms with Crippen LogP contribution in [0.4, 0.5) is 4.39 Å². The van der Waals surface area contributed by atoms with Gasteiger partial charge in [-0.2, -0.15) is 0 Å². The maximum atomic E-state index is 13.1. The smallest absolute Gasteiger partial charge is 0.338 e. The van der Waals surface area contributed by atoms with Crippen LogP contribution < -0.4 is 0 Å². The first-order valence-corrected chi connectivity index (χ1v) is 4.03. The van der Waals surface area contributed by atoms with Crippen LogP contribution >= 0.6 is 24.0 Å². The molecular weight excluding hydrogens is 246 g/mol. The third-order valence-corrected chi connectivity index (χ3v) is 2.06. The predicted octanol–water partition coefficient (Wildman–Crippen LogP) is 2.25. The van der Waals surface area contributed by atoms with Gasteiger partial charge >= 0.3 is 5.97 Å². The van der Waals surface area contributed by atoms with E-state index in [1.807, 2.05) is 0 Å². The first-order valence-electron chi connectivity index (χ1n) is 3.65. The second-order valence-electron chi connectivity index (χ2n) is 2.65. The van der Waals surface area contributed by atoms with Gasteiger partial charge in [0.2, 0.25) is 0 Å². The van der Waals surface area contributed by atoms with Gasteiger partial charge in [0.1, 0.15) is 16.4 Å². The lowest BCUT2D eigenvalue weighted by molar-refractivity contribution is 0.0692. The Balaban J connectivity index is 0.00000112. The Hall–Kier alpha value is -1.33.